The standard InChI is InChI=1S/C9H14ClN3/c1-11-5-7-4-9(13(2)3)12-6-8(7)10/h4,6,11H,5H2,1-3H3. The number of anilines is 1. The maximum Gasteiger partial charge on any atom is 0.128 e. The van der Waals surface area contributed by atoms with Crippen LogP contribution in [0.25, 0.3) is 0 Å². The van der Waals surface area contributed by atoms with Crippen molar-refractivity contribution < 1.29 is 0 Å². The molecule has 0 aromatic carbocycles. The molecule has 3 nitrogen and oxygen atoms in total. The molecule has 1 N–H and O–H groups in total. The fraction of sp³-hybridized carbons (Fsp3) is 0.444. The van der Waals surface area contributed by atoms with E-state index in [2.05, 4.69) is 10.3 Å². The summed E-state index contributed by atoms with van der Waals surface area (Å²) >= 11 is 5.96. The van der Waals surface area contributed by atoms with E-state index in [0.717, 1.165) is 17.9 Å². The Morgan fingerprint density at radius 1 is 1.54 bits per heavy atom. The molecule has 0 aliphatic rings. The third-order valence-electron chi connectivity index (χ3n) is 1.75. The summed E-state index contributed by atoms with van der Waals surface area (Å²) in [5.74, 6) is 0.926. The summed E-state index contributed by atoms with van der Waals surface area (Å²) in [6.07, 6.45) is 1.68. The molecule has 0 saturated heterocycles. The van der Waals surface area contributed by atoms with Crippen molar-refractivity contribution in [2.24, 2.45) is 0 Å². The van der Waals surface area contributed by atoms with E-state index in [4.69, 9.17) is 11.6 Å². The zero-order valence-electron chi connectivity index (χ0n) is 8.13. The second-order valence-corrected chi connectivity index (χ2v) is 3.47. The van der Waals surface area contributed by atoms with Crippen molar-refractivity contribution in [2.45, 2.75) is 6.54 Å². The van der Waals surface area contributed by atoms with Gasteiger partial charge in [-0.15, -0.1) is 0 Å². The molecule has 1 aromatic rings. The van der Waals surface area contributed by atoms with Gasteiger partial charge in [0, 0.05) is 26.8 Å². The Balaban J connectivity index is 2.97. The smallest absolute Gasteiger partial charge is 0.128 e. The molecule has 13 heavy (non-hydrogen) atoms. The van der Waals surface area contributed by atoms with Crippen molar-refractivity contribution in [1.82, 2.24) is 10.3 Å². The lowest BCUT2D eigenvalue weighted by molar-refractivity contribution is 0.815. The number of pyridine rings is 1. The van der Waals surface area contributed by atoms with Crippen LogP contribution in [0, 0.1) is 0 Å². The lowest BCUT2D eigenvalue weighted by Gasteiger charge is -2.13. The third-order valence-corrected chi connectivity index (χ3v) is 2.09. The van der Waals surface area contributed by atoms with E-state index in [1.54, 1.807) is 6.20 Å². The first-order valence-electron chi connectivity index (χ1n) is 4.11. The average Bonchev–Trinajstić information content (AvgIpc) is 2.08. The highest BCUT2D eigenvalue weighted by Crippen LogP contribution is 2.18. The third kappa shape index (κ3) is 2.57. The van der Waals surface area contributed by atoms with Gasteiger partial charge in [0.05, 0.1) is 5.02 Å². The van der Waals surface area contributed by atoms with E-state index in [1.165, 1.54) is 0 Å². The first-order chi connectivity index (χ1) is 6.15. The van der Waals surface area contributed by atoms with Gasteiger partial charge in [-0.25, -0.2) is 4.98 Å². The summed E-state index contributed by atoms with van der Waals surface area (Å²) in [4.78, 5) is 6.14. The van der Waals surface area contributed by atoms with Gasteiger partial charge in [0.2, 0.25) is 0 Å². The van der Waals surface area contributed by atoms with Crippen LogP contribution >= 0.6 is 11.6 Å². The quantitative estimate of drug-likeness (QED) is 0.800. The predicted octanol–water partition coefficient (Wildman–Crippen LogP) is 1.52. The Bertz CT molecular complexity index is 286. The molecule has 0 bridgehead atoms. The van der Waals surface area contributed by atoms with Crippen LogP contribution < -0.4 is 10.2 Å². The zero-order chi connectivity index (χ0) is 9.84. The lowest BCUT2D eigenvalue weighted by Crippen LogP contribution is -2.12. The highest BCUT2D eigenvalue weighted by atomic mass is 35.5. The van der Waals surface area contributed by atoms with E-state index >= 15 is 0 Å². The van der Waals surface area contributed by atoms with Crippen molar-refractivity contribution in [3.8, 4) is 0 Å². The Morgan fingerprint density at radius 3 is 2.77 bits per heavy atom. The van der Waals surface area contributed by atoms with Gasteiger partial charge in [0.1, 0.15) is 5.82 Å². The van der Waals surface area contributed by atoms with Gasteiger partial charge in [-0.3, -0.25) is 0 Å². The van der Waals surface area contributed by atoms with Gasteiger partial charge in [-0.1, -0.05) is 11.6 Å². The van der Waals surface area contributed by atoms with Crippen LogP contribution in [0.3, 0.4) is 0 Å². The molecular formula is C9H14ClN3. The summed E-state index contributed by atoms with van der Waals surface area (Å²) in [7, 11) is 5.81. The van der Waals surface area contributed by atoms with Crippen LogP contribution in [0.4, 0.5) is 5.82 Å². The summed E-state index contributed by atoms with van der Waals surface area (Å²) in [6, 6.07) is 1.98. The highest BCUT2D eigenvalue weighted by molar-refractivity contribution is 6.31. The highest BCUT2D eigenvalue weighted by Gasteiger charge is 2.03. The van der Waals surface area contributed by atoms with Crippen LogP contribution in [0.1, 0.15) is 5.56 Å². The van der Waals surface area contributed by atoms with Gasteiger partial charge >= 0.3 is 0 Å². The monoisotopic (exact) mass is 199 g/mol. The van der Waals surface area contributed by atoms with E-state index in [1.807, 2.05) is 32.1 Å². The number of aromatic nitrogens is 1. The number of hydrogen-bond acceptors (Lipinski definition) is 3. The Morgan fingerprint density at radius 2 is 2.23 bits per heavy atom. The molecule has 4 heteroatoms. The zero-order valence-corrected chi connectivity index (χ0v) is 8.89. The number of rotatable bonds is 3. The predicted molar refractivity (Wildman–Crippen MR) is 56.3 cm³/mol. The Labute approximate surface area is 83.7 Å². The normalized spacial score (nSPS) is 10.2. The molecule has 0 amide bonds. The molecule has 0 radical (unpaired) electrons. The molecule has 0 atom stereocenters. The van der Waals surface area contributed by atoms with E-state index in [0.29, 0.717) is 5.02 Å². The van der Waals surface area contributed by atoms with Gasteiger partial charge in [0.25, 0.3) is 0 Å². The minimum absolute atomic E-state index is 0.708. The fourth-order valence-corrected chi connectivity index (χ4v) is 1.21. The van der Waals surface area contributed by atoms with Crippen LogP contribution in [0.5, 0.6) is 0 Å². The first kappa shape index (κ1) is 10.3. The number of hydrogen-bond donors (Lipinski definition) is 1. The fourth-order valence-electron chi connectivity index (χ4n) is 1.04. The summed E-state index contributed by atoms with van der Waals surface area (Å²) in [5.41, 5.74) is 1.07. The van der Waals surface area contributed by atoms with Gasteiger partial charge < -0.3 is 10.2 Å². The minimum atomic E-state index is 0.708. The first-order valence-corrected chi connectivity index (χ1v) is 4.49. The number of halogens is 1. The van der Waals surface area contributed by atoms with Gasteiger partial charge in [0.15, 0.2) is 0 Å². The maximum absolute atomic E-state index is 5.96. The van der Waals surface area contributed by atoms with Crippen molar-refractivity contribution in [2.75, 3.05) is 26.0 Å². The van der Waals surface area contributed by atoms with Crippen molar-refractivity contribution in [3.05, 3.63) is 22.8 Å². The molecule has 0 aliphatic carbocycles. The topological polar surface area (TPSA) is 28.2 Å². The lowest BCUT2D eigenvalue weighted by atomic mass is 10.2. The average molecular weight is 200 g/mol. The van der Waals surface area contributed by atoms with E-state index in [9.17, 15) is 0 Å². The Kier molecular flexibility index (Phi) is 3.51. The molecule has 72 valence electrons. The van der Waals surface area contributed by atoms with Crippen molar-refractivity contribution >= 4 is 17.4 Å². The molecule has 0 saturated carbocycles. The molecule has 0 aliphatic heterocycles. The minimum Gasteiger partial charge on any atom is -0.363 e. The van der Waals surface area contributed by atoms with E-state index in [-0.39, 0.29) is 0 Å². The van der Waals surface area contributed by atoms with Crippen molar-refractivity contribution in [3.63, 3.8) is 0 Å². The van der Waals surface area contributed by atoms with Crippen LogP contribution in [0.15, 0.2) is 12.3 Å². The molecule has 1 rings (SSSR count). The molecule has 1 aromatic heterocycles. The SMILES string of the molecule is CNCc1cc(N(C)C)ncc1Cl. The van der Waals surface area contributed by atoms with Crippen LogP contribution in [0.2, 0.25) is 5.02 Å². The van der Waals surface area contributed by atoms with Gasteiger partial charge in [-0.05, 0) is 18.7 Å². The van der Waals surface area contributed by atoms with Crippen molar-refractivity contribution in [1.29, 1.82) is 0 Å². The molecule has 0 spiro atoms. The largest absolute Gasteiger partial charge is 0.363 e. The molecule has 0 unspecified atom stereocenters. The second-order valence-electron chi connectivity index (χ2n) is 3.06. The van der Waals surface area contributed by atoms with E-state index < -0.39 is 0 Å². The summed E-state index contributed by atoms with van der Waals surface area (Å²) < 4.78 is 0. The second kappa shape index (κ2) is 4.44. The molecular weight excluding hydrogens is 186 g/mol. The Hall–Kier alpha value is -0.800. The summed E-state index contributed by atoms with van der Waals surface area (Å²) in [6.45, 7) is 0.766. The molecule has 0 fully saturated rings. The van der Waals surface area contributed by atoms with Crippen LogP contribution in [-0.2, 0) is 6.54 Å². The van der Waals surface area contributed by atoms with Crippen LogP contribution in [-0.4, -0.2) is 26.1 Å². The number of nitrogens with one attached hydrogen (secondary N) is 1. The van der Waals surface area contributed by atoms with Gasteiger partial charge in [-0.2, -0.15) is 0 Å². The molecule has 1 heterocycles. The summed E-state index contributed by atoms with van der Waals surface area (Å²) in [5, 5.41) is 3.77. The maximum atomic E-state index is 5.96. The number of nitrogens with zero attached hydrogens (tertiary/aromatic N) is 2.